The lowest BCUT2D eigenvalue weighted by atomic mass is 10.1. The van der Waals surface area contributed by atoms with E-state index in [1.165, 1.54) is 18.7 Å². The van der Waals surface area contributed by atoms with Crippen LogP contribution >= 0.6 is 11.8 Å². The first-order chi connectivity index (χ1) is 22.8. The molecule has 5 aromatic carbocycles. The van der Waals surface area contributed by atoms with Crippen molar-refractivity contribution in [3.63, 3.8) is 0 Å². The first-order valence-electron chi connectivity index (χ1n) is 14.8. The summed E-state index contributed by atoms with van der Waals surface area (Å²) in [5, 5.41) is 10.7. The lowest BCUT2D eigenvalue weighted by Crippen LogP contribution is -2.30. The Labute approximate surface area is 277 Å². The first kappa shape index (κ1) is 32.5. The molecule has 1 unspecified atom stereocenters. The number of carbonyl (C=O) groups excluding carboxylic acids is 4. The summed E-state index contributed by atoms with van der Waals surface area (Å²) in [4.78, 5) is 52.0. The molecule has 234 valence electrons. The van der Waals surface area contributed by atoms with Gasteiger partial charge in [-0.2, -0.15) is 0 Å². The van der Waals surface area contributed by atoms with Gasteiger partial charge in [0.2, 0.25) is 11.8 Å². The van der Waals surface area contributed by atoms with Crippen LogP contribution in [0.5, 0.6) is 0 Å². The molecule has 1 atom stereocenters. The predicted octanol–water partition coefficient (Wildman–Crippen LogP) is 7.53. The standard InChI is InChI=1S/C38H32N4O4S/c1-26(43)39-30-17-19-31(20-18-30)41-38(46)35(28-13-7-3-8-14-28)47-33-23-21-32(22-24-33)40-37(45)34(25-27-11-5-2-6-12-27)42-36(44)29-15-9-4-10-16-29/h2-25,35H,1H3,(H,39,43)(H,40,45)(H,41,46)(H,42,44)/b34-25-. The number of rotatable bonds is 11. The van der Waals surface area contributed by atoms with E-state index in [-0.39, 0.29) is 17.5 Å². The normalized spacial score (nSPS) is 11.6. The van der Waals surface area contributed by atoms with Gasteiger partial charge in [0, 0.05) is 34.4 Å². The van der Waals surface area contributed by atoms with Crippen LogP contribution in [0.3, 0.4) is 0 Å². The Balaban J connectivity index is 1.29. The lowest BCUT2D eigenvalue weighted by molar-refractivity contribution is -0.116. The van der Waals surface area contributed by atoms with Gasteiger partial charge in [0.1, 0.15) is 10.9 Å². The maximum atomic E-state index is 13.5. The molecule has 0 fully saturated rings. The highest BCUT2D eigenvalue weighted by Gasteiger charge is 2.22. The van der Waals surface area contributed by atoms with Crippen molar-refractivity contribution < 1.29 is 19.2 Å². The molecule has 0 spiro atoms. The second kappa shape index (κ2) is 15.9. The van der Waals surface area contributed by atoms with Gasteiger partial charge in [-0.05, 0) is 77.9 Å². The average molecular weight is 641 g/mol. The monoisotopic (exact) mass is 640 g/mol. The molecule has 5 rings (SSSR count). The molecule has 0 heterocycles. The Bertz CT molecular complexity index is 1860. The molecular weight excluding hydrogens is 609 g/mol. The van der Waals surface area contributed by atoms with E-state index in [1.807, 2.05) is 78.9 Å². The van der Waals surface area contributed by atoms with Crippen LogP contribution in [0, 0.1) is 0 Å². The smallest absolute Gasteiger partial charge is 0.272 e. The summed E-state index contributed by atoms with van der Waals surface area (Å²) in [7, 11) is 0. The maximum Gasteiger partial charge on any atom is 0.272 e. The minimum atomic E-state index is -0.569. The van der Waals surface area contributed by atoms with Crippen LogP contribution in [-0.2, 0) is 14.4 Å². The highest BCUT2D eigenvalue weighted by molar-refractivity contribution is 8.00. The van der Waals surface area contributed by atoms with Gasteiger partial charge in [-0.15, -0.1) is 11.8 Å². The molecule has 0 saturated carbocycles. The van der Waals surface area contributed by atoms with Gasteiger partial charge in [-0.25, -0.2) is 0 Å². The van der Waals surface area contributed by atoms with Crippen molar-refractivity contribution in [2.75, 3.05) is 16.0 Å². The number of thioether (sulfide) groups is 1. The maximum absolute atomic E-state index is 13.5. The van der Waals surface area contributed by atoms with Crippen LogP contribution in [0.2, 0.25) is 0 Å². The Morgan fingerprint density at radius 2 is 1.11 bits per heavy atom. The fourth-order valence-electron chi connectivity index (χ4n) is 4.56. The number of amides is 4. The van der Waals surface area contributed by atoms with E-state index < -0.39 is 17.1 Å². The molecule has 0 aliphatic carbocycles. The minimum absolute atomic E-state index is 0.0921. The number of hydrogen-bond acceptors (Lipinski definition) is 5. The largest absolute Gasteiger partial charge is 0.326 e. The van der Waals surface area contributed by atoms with Gasteiger partial charge in [-0.1, -0.05) is 78.9 Å². The average Bonchev–Trinajstić information content (AvgIpc) is 3.09. The van der Waals surface area contributed by atoms with Crippen molar-refractivity contribution in [1.29, 1.82) is 0 Å². The summed E-state index contributed by atoms with van der Waals surface area (Å²) < 4.78 is 0. The molecule has 47 heavy (non-hydrogen) atoms. The summed E-state index contributed by atoms with van der Waals surface area (Å²) in [5.41, 5.74) is 3.86. The van der Waals surface area contributed by atoms with Crippen LogP contribution in [-0.4, -0.2) is 23.6 Å². The van der Waals surface area contributed by atoms with Gasteiger partial charge in [-0.3, -0.25) is 19.2 Å². The molecule has 0 radical (unpaired) electrons. The molecule has 4 N–H and O–H groups in total. The lowest BCUT2D eigenvalue weighted by Gasteiger charge is -2.18. The third kappa shape index (κ3) is 9.53. The minimum Gasteiger partial charge on any atom is -0.326 e. The fourth-order valence-corrected chi connectivity index (χ4v) is 5.58. The summed E-state index contributed by atoms with van der Waals surface area (Å²) in [6.07, 6.45) is 1.62. The van der Waals surface area contributed by atoms with Crippen LogP contribution < -0.4 is 21.3 Å². The molecule has 0 bridgehead atoms. The third-order valence-electron chi connectivity index (χ3n) is 6.82. The first-order valence-corrected chi connectivity index (χ1v) is 15.7. The second-order valence-electron chi connectivity index (χ2n) is 10.4. The number of anilines is 3. The van der Waals surface area contributed by atoms with Crippen LogP contribution in [0.25, 0.3) is 6.08 Å². The molecule has 9 heteroatoms. The highest BCUT2D eigenvalue weighted by atomic mass is 32.2. The fraction of sp³-hybridized carbons (Fsp3) is 0.0526. The van der Waals surface area contributed by atoms with Crippen molar-refractivity contribution in [2.24, 2.45) is 0 Å². The summed E-state index contributed by atoms with van der Waals surface area (Å²) >= 11 is 1.37. The van der Waals surface area contributed by atoms with E-state index in [1.54, 1.807) is 66.7 Å². The number of nitrogens with one attached hydrogen (secondary N) is 4. The quantitative estimate of drug-likeness (QED) is 0.0880. The van der Waals surface area contributed by atoms with Gasteiger partial charge in [0.15, 0.2) is 0 Å². The number of hydrogen-bond donors (Lipinski definition) is 4. The topological polar surface area (TPSA) is 116 Å². The van der Waals surface area contributed by atoms with Gasteiger partial charge in [0.25, 0.3) is 11.8 Å². The summed E-state index contributed by atoms with van der Waals surface area (Å²) in [6.45, 7) is 1.44. The zero-order chi connectivity index (χ0) is 33.0. The molecular formula is C38H32N4O4S. The Morgan fingerprint density at radius 1 is 0.596 bits per heavy atom. The van der Waals surface area contributed by atoms with Crippen LogP contribution in [0.4, 0.5) is 17.1 Å². The molecule has 0 saturated heterocycles. The van der Waals surface area contributed by atoms with Crippen molar-refractivity contribution >= 4 is 58.5 Å². The zero-order valence-electron chi connectivity index (χ0n) is 25.5. The van der Waals surface area contributed by atoms with E-state index in [9.17, 15) is 19.2 Å². The van der Waals surface area contributed by atoms with E-state index >= 15 is 0 Å². The molecule has 5 aromatic rings. The molecule has 4 amide bonds. The van der Waals surface area contributed by atoms with E-state index in [0.29, 0.717) is 22.6 Å². The van der Waals surface area contributed by atoms with Gasteiger partial charge in [0.05, 0.1) is 0 Å². The molecule has 8 nitrogen and oxygen atoms in total. The van der Waals surface area contributed by atoms with Crippen LogP contribution in [0.1, 0.15) is 33.7 Å². The van der Waals surface area contributed by atoms with Crippen molar-refractivity contribution in [3.05, 3.63) is 162 Å². The highest BCUT2D eigenvalue weighted by Crippen LogP contribution is 2.37. The van der Waals surface area contributed by atoms with E-state index in [0.717, 1.165) is 16.0 Å². The van der Waals surface area contributed by atoms with Crippen molar-refractivity contribution in [1.82, 2.24) is 5.32 Å². The SMILES string of the molecule is CC(=O)Nc1ccc(NC(=O)C(Sc2ccc(NC(=O)/C(=C/c3ccccc3)NC(=O)c3ccccc3)cc2)c2ccccc2)cc1. The third-order valence-corrected chi connectivity index (χ3v) is 8.09. The molecule has 0 aliphatic rings. The Kier molecular flexibility index (Phi) is 11.0. The van der Waals surface area contributed by atoms with E-state index in [2.05, 4.69) is 21.3 Å². The summed E-state index contributed by atoms with van der Waals surface area (Å²) in [6, 6.07) is 41.5. The van der Waals surface area contributed by atoms with E-state index in [4.69, 9.17) is 0 Å². The molecule has 0 aliphatic heterocycles. The number of carbonyl (C=O) groups is 4. The number of benzene rings is 5. The molecule has 0 aromatic heterocycles. The van der Waals surface area contributed by atoms with Crippen molar-refractivity contribution in [3.8, 4) is 0 Å². The zero-order valence-corrected chi connectivity index (χ0v) is 26.3. The van der Waals surface area contributed by atoms with Gasteiger partial charge < -0.3 is 21.3 Å². The Hall–Kier alpha value is -5.93. The van der Waals surface area contributed by atoms with Crippen LogP contribution in [0.15, 0.2) is 150 Å². The Morgan fingerprint density at radius 3 is 1.70 bits per heavy atom. The second-order valence-corrected chi connectivity index (χ2v) is 11.6. The van der Waals surface area contributed by atoms with Gasteiger partial charge >= 0.3 is 0 Å². The van der Waals surface area contributed by atoms with Crippen molar-refractivity contribution in [2.45, 2.75) is 17.1 Å². The summed E-state index contributed by atoms with van der Waals surface area (Å²) in [5.74, 6) is -1.27. The predicted molar refractivity (Wildman–Crippen MR) is 188 cm³/mol.